The predicted octanol–water partition coefficient (Wildman–Crippen LogP) is 1.09. The predicted molar refractivity (Wildman–Crippen MR) is 95.1 cm³/mol. The minimum absolute atomic E-state index is 0.229. The van der Waals surface area contributed by atoms with Gasteiger partial charge in [-0.25, -0.2) is 0 Å². The topological polar surface area (TPSA) is 87.2 Å². The maximum atomic E-state index is 12.2. The first-order chi connectivity index (χ1) is 12.1. The lowest BCUT2D eigenvalue weighted by molar-refractivity contribution is 0.0950. The lowest BCUT2D eigenvalue weighted by Crippen LogP contribution is -2.28. The molecule has 2 aromatic heterocycles. The number of aromatic nitrogens is 2. The SMILES string of the molecule is CN(C)CCCNC(=O)c1cncc(C(=O)NCc2cccnc2)c1. The number of carbonyl (C=O) groups excluding carboxylic acids is 2. The van der Waals surface area contributed by atoms with Crippen LogP contribution in [-0.4, -0.2) is 53.9 Å². The second kappa shape index (κ2) is 9.48. The first-order valence-electron chi connectivity index (χ1n) is 8.11. The molecule has 2 aromatic rings. The third kappa shape index (κ3) is 6.31. The minimum atomic E-state index is -0.279. The minimum Gasteiger partial charge on any atom is -0.352 e. The average Bonchev–Trinajstić information content (AvgIpc) is 2.64. The maximum Gasteiger partial charge on any atom is 0.253 e. The van der Waals surface area contributed by atoms with Gasteiger partial charge in [-0.3, -0.25) is 19.6 Å². The fourth-order valence-corrected chi connectivity index (χ4v) is 2.17. The van der Waals surface area contributed by atoms with Gasteiger partial charge < -0.3 is 15.5 Å². The van der Waals surface area contributed by atoms with E-state index in [9.17, 15) is 9.59 Å². The summed E-state index contributed by atoms with van der Waals surface area (Å²) in [5, 5.41) is 5.62. The van der Waals surface area contributed by atoms with Gasteiger partial charge in [0.2, 0.25) is 0 Å². The summed E-state index contributed by atoms with van der Waals surface area (Å²) in [6.07, 6.45) is 7.13. The van der Waals surface area contributed by atoms with E-state index in [1.165, 1.54) is 12.4 Å². The Kier molecular flexibility index (Phi) is 7.03. The molecule has 0 aromatic carbocycles. The van der Waals surface area contributed by atoms with Gasteiger partial charge >= 0.3 is 0 Å². The van der Waals surface area contributed by atoms with E-state index in [-0.39, 0.29) is 11.8 Å². The van der Waals surface area contributed by atoms with Crippen LogP contribution in [-0.2, 0) is 6.54 Å². The molecule has 0 atom stereocenters. The molecule has 0 radical (unpaired) electrons. The summed E-state index contributed by atoms with van der Waals surface area (Å²) in [7, 11) is 3.97. The van der Waals surface area contributed by atoms with Crippen LogP contribution in [0.3, 0.4) is 0 Å². The van der Waals surface area contributed by atoms with Crippen LogP contribution in [0, 0.1) is 0 Å². The lowest BCUT2D eigenvalue weighted by atomic mass is 10.1. The van der Waals surface area contributed by atoms with Crippen LogP contribution in [0.1, 0.15) is 32.7 Å². The van der Waals surface area contributed by atoms with E-state index in [0.29, 0.717) is 24.2 Å². The van der Waals surface area contributed by atoms with Crippen LogP contribution in [0.15, 0.2) is 43.0 Å². The summed E-state index contributed by atoms with van der Waals surface area (Å²) < 4.78 is 0. The monoisotopic (exact) mass is 341 g/mol. The molecule has 2 heterocycles. The highest BCUT2D eigenvalue weighted by atomic mass is 16.2. The quantitative estimate of drug-likeness (QED) is 0.702. The van der Waals surface area contributed by atoms with Crippen molar-refractivity contribution >= 4 is 11.8 Å². The molecule has 2 amide bonds. The fourth-order valence-electron chi connectivity index (χ4n) is 2.17. The van der Waals surface area contributed by atoms with Crippen LogP contribution in [0.2, 0.25) is 0 Å². The number of pyridine rings is 2. The highest BCUT2D eigenvalue weighted by Crippen LogP contribution is 2.04. The summed E-state index contributed by atoms with van der Waals surface area (Å²) in [6, 6.07) is 5.24. The summed E-state index contributed by atoms with van der Waals surface area (Å²) in [5.74, 6) is -0.508. The van der Waals surface area contributed by atoms with E-state index in [1.807, 2.05) is 26.2 Å². The number of hydrogen-bond donors (Lipinski definition) is 2. The Labute approximate surface area is 147 Å². The van der Waals surface area contributed by atoms with Crippen molar-refractivity contribution in [3.05, 3.63) is 59.7 Å². The molecular formula is C18H23N5O2. The number of hydrogen-bond acceptors (Lipinski definition) is 5. The standard InChI is InChI=1S/C18H23N5O2/c1-23(2)8-4-7-21-17(24)15-9-16(13-20-12-15)18(25)22-11-14-5-3-6-19-10-14/h3,5-6,9-10,12-13H,4,7-8,11H2,1-2H3,(H,21,24)(H,22,25). The number of amides is 2. The second-order valence-corrected chi connectivity index (χ2v) is 5.92. The van der Waals surface area contributed by atoms with Gasteiger partial charge in [-0.15, -0.1) is 0 Å². The first kappa shape index (κ1) is 18.5. The second-order valence-electron chi connectivity index (χ2n) is 5.92. The Morgan fingerprint density at radius 2 is 1.76 bits per heavy atom. The van der Waals surface area contributed by atoms with Crippen LogP contribution < -0.4 is 10.6 Å². The Hall–Kier alpha value is -2.80. The van der Waals surface area contributed by atoms with Crippen LogP contribution in [0.25, 0.3) is 0 Å². The number of rotatable bonds is 8. The van der Waals surface area contributed by atoms with Crippen LogP contribution >= 0.6 is 0 Å². The van der Waals surface area contributed by atoms with E-state index in [1.54, 1.807) is 18.5 Å². The van der Waals surface area contributed by atoms with Crippen molar-refractivity contribution in [2.75, 3.05) is 27.2 Å². The molecule has 0 aliphatic heterocycles. The summed E-state index contributed by atoms with van der Waals surface area (Å²) in [6.45, 7) is 1.84. The van der Waals surface area contributed by atoms with Crippen LogP contribution in [0.4, 0.5) is 0 Å². The van der Waals surface area contributed by atoms with Gasteiger partial charge in [-0.05, 0) is 44.8 Å². The van der Waals surface area contributed by atoms with Crippen molar-refractivity contribution in [1.82, 2.24) is 25.5 Å². The van der Waals surface area contributed by atoms with Gasteiger partial charge in [0.05, 0.1) is 11.1 Å². The van der Waals surface area contributed by atoms with Crippen LogP contribution in [0.5, 0.6) is 0 Å². The number of nitrogens with one attached hydrogen (secondary N) is 2. The van der Waals surface area contributed by atoms with Crippen molar-refractivity contribution < 1.29 is 9.59 Å². The molecule has 0 saturated carbocycles. The zero-order valence-corrected chi connectivity index (χ0v) is 14.5. The molecule has 0 spiro atoms. The molecule has 7 heteroatoms. The Morgan fingerprint density at radius 1 is 1.04 bits per heavy atom. The summed E-state index contributed by atoms with van der Waals surface area (Å²) in [5.41, 5.74) is 1.63. The van der Waals surface area contributed by atoms with E-state index < -0.39 is 0 Å². The number of carbonyl (C=O) groups is 2. The van der Waals surface area contributed by atoms with Gasteiger partial charge in [0.25, 0.3) is 11.8 Å². The van der Waals surface area contributed by atoms with Crippen molar-refractivity contribution in [3.8, 4) is 0 Å². The average molecular weight is 341 g/mol. The Morgan fingerprint density at radius 3 is 2.40 bits per heavy atom. The van der Waals surface area contributed by atoms with Gasteiger partial charge in [-0.1, -0.05) is 6.07 Å². The molecule has 0 saturated heterocycles. The molecule has 2 rings (SSSR count). The molecule has 0 aliphatic rings. The number of nitrogens with zero attached hydrogens (tertiary/aromatic N) is 3. The van der Waals surface area contributed by atoms with E-state index in [0.717, 1.165) is 18.5 Å². The smallest absolute Gasteiger partial charge is 0.253 e. The molecule has 25 heavy (non-hydrogen) atoms. The molecule has 0 unspecified atom stereocenters. The largest absolute Gasteiger partial charge is 0.352 e. The fraction of sp³-hybridized carbons (Fsp3) is 0.333. The van der Waals surface area contributed by atoms with E-state index in [2.05, 4.69) is 25.5 Å². The molecule has 0 bridgehead atoms. The van der Waals surface area contributed by atoms with Crippen molar-refractivity contribution in [2.45, 2.75) is 13.0 Å². The van der Waals surface area contributed by atoms with Gasteiger partial charge in [-0.2, -0.15) is 0 Å². The third-order valence-corrected chi connectivity index (χ3v) is 3.51. The van der Waals surface area contributed by atoms with E-state index in [4.69, 9.17) is 0 Å². The van der Waals surface area contributed by atoms with Crippen molar-refractivity contribution in [2.24, 2.45) is 0 Å². The maximum absolute atomic E-state index is 12.2. The zero-order valence-electron chi connectivity index (χ0n) is 14.5. The molecule has 0 aliphatic carbocycles. The van der Waals surface area contributed by atoms with Gasteiger partial charge in [0.15, 0.2) is 0 Å². The highest BCUT2D eigenvalue weighted by Gasteiger charge is 2.11. The molecule has 7 nitrogen and oxygen atoms in total. The van der Waals surface area contributed by atoms with Gasteiger partial charge in [0, 0.05) is 37.9 Å². The zero-order chi connectivity index (χ0) is 18.1. The van der Waals surface area contributed by atoms with E-state index >= 15 is 0 Å². The van der Waals surface area contributed by atoms with Gasteiger partial charge in [0.1, 0.15) is 0 Å². The highest BCUT2D eigenvalue weighted by molar-refractivity contribution is 5.99. The third-order valence-electron chi connectivity index (χ3n) is 3.51. The molecule has 132 valence electrons. The van der Waals surface area contributed by atoms with Crippen molar-refractivity contribution in [1.29, 1.82) is 0 Å². The summed E-state index contributed by atoms with van der Waals surface area (Å²) >= 11 is 0. The lowest BCUT2D eigenvalue weighted by Gasteiger charge is -2.10. The van der Waals surface area contributed by atoms with Crippen molar-refractivity contribution in [3.63, 3.8) is 0 Å². The summed E-state index contributed by atoms with van der Waals surface area (Å²) in [4.78, 5) is 34.4. The Bertz CT molecular complexity index is 704. The molecule has 2 N–H and O–H groups in total. The Balaban J connectivity index is 1.88. The molecular weight excluding hydrogens is 318 g/mol. The molecule has 0 fully saturated rings. The normalized spacial score (nSPS) is 10.5. The first-order valence-corrected chi connectivity index (χ1v) is 8.11.